The minimum atomic E-state index is -0.938. The second-order valence-corrected chi connectivity index (χ2v) is 8.56. The number of fused-ring (bicyclic) bond motifs is 4. The monoisotopic (exact) mass is 355 g/mol. The van der Waals surface area contributed by atoms with Crippen molar-refractivity contribution < 1.29 is 4.79 Å². The van der Waals surface area contributed by atoms with Gasteiger partial charge in [0.15, 0.2) is 5.78 Å². The first kappa shape index (κ1) is 15.7. The van der Waals surface area contributed by atoms with Crippen molar-refractivity contribution in [2.45, 2.75) is 28.9 Å². The molecule has 5 rings (SSSR count). The van der Waals surface area contributed by atoms with E-state index in [0.29, 0.717) is 6.42 Å². The summed E-state index contributed by atoms with van der Waals surface area (Å²) in [5, 5.41) is 12.5. The van der Waals surface area contributed by atoms with Crippen LogP contribution in [-0.4, -0.2) is 5.78 Å². The number of hydrogen-bond donors (Lipinski definition) is 0. The molecular weight excluding hydrogens is 338 g/mol. The Hall–Kier alpha value is -2.57. The van der Waals surface area contributed by atoms with Crippen molar-refractivity contribution in [1.29, 1.82) is 5.26 Å². The summed E-state index contributed by atoms with van der Waals surface area (Å²) >= 11 is 1.71. The van der Waals surface area contributed by atoms with Gasteiger partial charge >= 0.3 is 0 Å². The quantitative estimate of drug-likeness (QED) is 0.590. The normalized spacial score (nSPS) is 26.5. The molecule has 126 valence electrons. The van der Waals surface area contributed by atoms with E-state index in [1.54, 1.807) is 11.8 Å². The van der Waals surface area contributed by atoms with Gasteiger partial charge in [-0.05, 0) is 47.7 Å². The summed E-state index contributed by atoms with van der Waals surface area (Å²) in [4.78, 5) is 14.3. The zero-order valence-electron chi connectivity index (χ0n) is 14.2. The standard InChI is InChI=1S/C23H17NOS/c24-15-22-12-5-13-23(22,20-9-4-3-8-19(20)21(22)25)26-18-11-10-16-6-1-2-7-17(16)14-18/h1-4,6-11,14H,5,12-13H2. The van der Waals surface area contributed by atoms with Crippen LogP contribution in [0.15, 0.2) is 71.6 Å². The van der Waals surface area contributed by atoms with Crippen molar-refractivity contribution in [3.8, 4) is 6.07 Å². The molecule has 2 nitrogen and oxygen atoms in total. The van der Waals surface area contributed by atoms with Crippen LogP contribution in [-0.2, 0) is 4.75 Å². The fourth-order valence-corrected chi connectivity index (χ4v) is 6.44. The number of carbonyl (C=O) groups excluding carboxylic acids is 1. The van der Waals surface area contributed by atoms with Crippen molar-refractivity contribution in [2.24, 2.45) is 5.41 Å². The van der Waals surface area contributed by atoms with Crippen LogP contribution in [0.1, 0.15) is 35.2 Å². The molecule has 2 aliphatic rings. The third-order valence-electron chi connectivity index (χ3n) is 5.97. The van der Waals surface area contributed by atoms with Gasteiger partial charge in [-0.25, -0.2) is 0 Å². The molecule has 0 spiro atoms. The number of hydrogen-bond acceptors (Lipinski definition) is 3. The fourth-order valence-electron chi connectivity index (χ4n) is 4.76. The van der Waals surface area contributed by atoms with Crippen molar-refractivity contribution in [3.63, 3.8) is 0 Å². The molecule has 0 aliphatic heterocycles. The van der Waals surface area contributed by atoms with Crippen molar-refractivity contribution in [2.75, 3.05) is 0 Å². The third-order valence-corrected chi connectivity index (χ3v) is 7.58. The van der Waals surface area contributed by atoms with Crippen LogP contribution in [0.3, 0.4) is 0 Å². The molecule has 0 bridgehead atoms. The molecule has 0 aromatic heterocycles. The van der Waals surface area contributed by atoms with Crippen LogP contribution in [0.2, 0.25) is 0 Å². The lowest BCUT2D eigenvalue weighted by Crippen LogP contribution is -2.37. The second-order valence-electron chi connectivity index (χ2n) is 7.18. The minimum Gasteiger partial charge on any atom is -0.292 e. The summed E-state index contributed by atoms with van der Waals surface area (Å²) in [5.74, 6) is 0.0152. The van der Waals surface area contributed by atoms with E-state index >= 15 is 0 Å². The predicted molar refractivity (Wildman–Crippen MR) is 104 cm³/mol. The van der Waals surface area contributed by atoms with E-state index in [1.165, 1.54) is 10.8 Å². The Morgan fingerprint density at radius 1 is 0.923 bits per heavy atom. The highest BCUT2D eigenvalue weighted by Gasteiger charge is 2.66. The summed E-state index contributed by atoms with van der Waals surface area (Å²) in [6, 6.07) is 25.0. The van der Waals surface area contributed by atoms with Gasteiger partial charge in [0.25, 0.3) is 0 Å². The summed E-state index contributed by atoms with van der Waals surface area (Å²) in [5.41, 5.74) is 0.844. The zero-order chi connectivity index (χ0) is 17.8. The van der Waals surface area contributed by atoms with Gasteiger partial charge in [0.05, 0.1) is 10.8 Å². The average Bonchev–Trinajstić information content (AvgIpc) is 3.15. The average molecular weight is 355 g/mol. The number of thioether (sulfide) groups is 1. The SMILES string of the molecule is N#CC12CCCC1(Sc1ccc3ccccc3c1)c1ccccc1C2=O. The van der Waals surface area contributed by atoms with Gasteiger partial charge in [-0.3, -0.25) is 4.79 Å². The molecule has 26 heavy (non-hydrogen) atoms. The Morgan fingerprint density at radius 3 is 2.54 bits per heavy atom. The Balaban J connectivity index is 1.70. The van der Waals surface area contributed by atoms with Crippen LogP contribution in [0.25, 0.3) is 10.8 Å². The number of ketones is 1. The van der Waals surface area contributed by atoms with Gasteiger partial charge in [-0.2, -0.15) is 5.26 Å². The van der Waals surface area contributed by atoms with E-state index in [4.69, 9.17) is 0 Å². The summed E-state index contributed by atoms with van der Waals surface area (Å²) in [6.45, 7) is 0. The molecule has 0 amide bonds. The molecule has 0 radical (unpaired) electrons. The maximum Gasteiger partial charge on any atom is 0.185 e. The molecule has 3 heteroatoms. The van der Waals surface area contributed by atoms with Crippen LogP contribution in [0.4, 0.5) is 0 Å². The predicted octanol–water partition coefficient (Wildman–Crippen LogP) is 5.72. The largest absolute Gasteiger partial charge is 0.292 e. The summed E-state index contributed by atoms with van der Waals surface area (Å²) in [6.07, 6.45) is 2.42. The summed E-state index contributed by atoms with van der Waals surface area (Å²) in [7, 11) is 0. The number of rotatable bonds is 2. The van der Waals surface area contributed by atoms with Crippen molar-refractivity contribution in [1.82, 2.24) is 0 Å². The minimum absolute atomic E-state index is 0.0152. The van der Waals surface area contributed by atoms with Gasteiger partial charge in [-0.15, -0.1) is 11.8 Å². The van der Waals surface area contributed by atoms with E-state index in [0.717, 1.165) is 28.9 Å². The lowest BCUT2D eigenvalue weighted by Gasteiger charge is -2.34. The third kappa shape index (κ3) is 1.86. The first-order valence-electron chi connectivity index (χ1n) is 8.94. The van der Waals surface area contributed by atoms with E-state index in [-0.39, 0.29) is 5.78 Å². The Morgan fingerprint density at radius 2 is 1.69 bits per heavy atom. The number of nitrogens with zero attached hydrogens (tertiary/aromatic N) is 1. The van der Waals surface area contributed by atoms with Crippen molar-refractivity contribution >= 4 is 28.3 Å². The van der Waals surface area contributed by atoms with Crippen LogP contribution in [0.5, 0.6) is 0 Å². The smallest absolute Gasteiger partial charge is 0.185 e. The van der Waals surface area contributed by atoms with Gasteiger partial charge < -0.3 is 0 Å². The molecule has 3 aromatic carbocycles. The molecule has 3 aromatic rings. The molecule has 2 atom stereocenters. The first-order valence-corrected chi connectivity index (χ1v) is 9.75. The van der Waals surface area contributed by atoms with E-state index in [1.807, 2.05) is 36.4 Å². The highest BCUT2D eigenvalue weighted by atomic mass is 32.2. The van der Waals surface area contributed by atoms with E-state index in [2.05, 4.69) is 36.4 Å². The molecular formula is C23H17NOS. The molecule has 0 saturated heterocycles. The molecule has 0 heterocycles. The highest BCUT2D eigenvalue weighted by molar-refractivity contribution is 8.00. The van der Waals surface area contributed by atoms with Gasteiger partial charge in [-0.1, -0.05) is 54.6 Å². The Bertz CT molecular complexity index is 1100. The first-order chi connectivity index (χ1) is 12.7. The Labute approximate surface area is 156 Å². The summed E-state index contributed by atoms with van der Waals surface area (Å²) < 4.78 is -0.474. The molecule has 1 saturated carbocycles. The fraction of sp³-hybridized carbons (Fsp3) is 0.217. The number of carbonyl (C=O) groups is 1. The highest BCUT2D eigenvalue weighted by Crippen LogP contribution is 2.67. The maximum atomic E-state index is 13.2. The van der Waals surface area contributed by atoms with E-state index < -0.39 is 10.2 Å². The van der Waals surface area contributed by atoms with Gasteiger partial charge in [0.1, 0.15) is 5.41 Å². The van der Waals surface area contributed by atoms with Gasteiger partial charge in [0, 0.05) is 10.5 Å². The Kier molecular flexibility index (Phi) is 3.29. The van der Waals surface area contributed by atoms with Gasteiger partial charge in [0.2, 0.25) is 0 Å². The second kappa shape index (κ2) is 5.46. The number of Topliss-reactive ketones (excluding diaryl/α,β-unsaturated/α-hetero) is 1. The molecule has 0 N–H and O–H groups in total. The molecule has 1 fully saturated rings. The lowest BCUT2D eigenvalue weighted by molar-refractivity contribution is 0.0864. The molecule has 2 aliphatic carbocycles. The van der Waals surface area contributed by atoms with Crippen molar-refractivity contribution in [3.05, 3.63) is 77.9 Å². The molecule has 2 unspecified atom stereocenters. The van der Waals surface area contributed by atoms with Crippen LogP contribution >= 0.6 is 11.8 Å². The maximum absolute atomic E-state index is 13.2. The number of nitriles is 1. The zero-order valence-corrected chi connectivity index (χ0v) is 15.1. The lowest BCUT2D eigenvalue weighted by atomic mass is 9.78. The van der Waals surface area contributed by atoms with Crippen LogP contribution < -0.4 is 0 Å². The van der Waals surface area contributed by atoms with E-state index in [9.17, 15) is 10.1 Å². The van der Waals surface area contributed by atoms with Crippen LogP contribution in [0, 0.1) is 16.7 Å². The number of benzene rings is 3. The topological polar surface area (TPSA) is 40.9 Å².